The summed E-state index contributed by atoms with van der Waals surface area (Å²) in [7, 11) is 1.66. The van der Waals surface area contributed by atoms with Gasteiger partial charge in [0.25, 0.3) is 0 Å². The second-order valence-electron chi connectivity index (χ2n) is 4.15. The van der Waals surface area contributed by atoms with Crippen molar-refractivity contribution in [2.24, 2.45) is 0 Å². The molecule has 0 aliphatic carbocycles. The number of carboxylic acid groups (broad SMARTS) is 1. The van der Waals surface area contributed by atoms with E-state index in [1.165, 1.54) is 0 Å². The summed E-state index contributed by atoms with van der Waals surface area (Å²) in [5.41, 5.74) is 1.04. The highest BCUT2D eigenvalue weighted by molar-refractivity contribution is 5.67. The van der Waals surface area contributed by atoms with E-state index in [2.05, 4.69) is 4.90 Å². The van der Waals surface area contributed by atoms with E-state index in [1.54, 1.807) is 7.11 Å². The van der Waals surface area contributed by atoms with Gasteiger partial charge in [-0.25, -0.2) is 0 Å². The summed E-state index contributed by atoms with van der Waals surface area (Å²) in [6.07, 6.45) is 0.113. The molecule has 1 unspecified atom stereocenters. The first-order chi connectivity index (χ1) is 8.69. The highest BCUT2D eigenvalue weighted by atomic mass is 16.5. The standard InChI is InChI=1S/C14H21NO3/c1-3-15(9-10-18-2)13(11-14(16)17)12-7-5-4-6-8-12/h4-8,13H,3,9-11H2,1-2H3,(H,16,17). The molecule has 1 atom stereocenters. The lowest BCUT2D eigenvalue weighted by Crippen LogP contribution is -2.33. The molecule has 0 aliphatic heterocycles. The van der Waals surface area contributed by atoms with Crippen LogP contribution in [0.15, 0.2) is 30.3 Å². The molecule has 0 saturated carbocycles. The number of carboxylic acids is 1. The maximum Gasteiger partial charge on any atom is 0.305 e. The minimum atomic E-state index is -0.778. The van der Waals surface area contributed by atoms with E-state index in [9.17, 15) is 4.79 Å². The quantitative estimate of drug-likeness (QED) is 0.769. The van der Waals surface area contributed by atoms with E-state index in [-0.39, 0.29) is 12.5 Å². The van der Waals surface area contributed by atoms with Crippen molar-refractivity contribution in [2.75, 3.05) is 26.8 Å². The number of nitrogens with zero attached hydrogens (tertiary/aromatic N) is 1. The first-order valence-electron chi connectivity index (χ1n) is 6.18. The Morgan fingerprint density at radius 3 is 2.56 bits per heavy atom. The number of hydrogen-bond acceptors (Lipinski definition) is 3. The lowest BCUT2D eigenvalue weighted by atomic mass is 10.0. The molecule has 0 amide bonds. The van der Waals surface area contributed by atoms with Crippen LogP contribution in [0.25, 0.3) is 0 Å². The summed E-state index contributed by atoms with van der Waals surface area (Å²) in [4.78, 5) is 13.2. The average Bonchev–Trinajstić information content (AvgIpc) is 2.39. The fraction of sp³-hybridized carbons (Fsp3) is 0.500. The zero-order chi connectivity index (χ0) is 13.4. The third-order valence-electron chi connectivity index (χ3n) is 2.98. The first kappa shape index (κ1) is 14.7. The predicted octanol–water partition coefficient (Wildman–Crippen LogP) is 2.17. The molecule has 4 heteroatoms. The maximum atomic E-state index is 11.0. The molecular formula is C14H21NO3. The lowest BCUT2D eigenvalue weighted by molar-refractivity contribution is -0.138. The highest BCUT2D eigenvalue weighted by Gasteiger charge is 2.21. The fourth-order valence-electron chi connectivity index (χ4n) is 2.04. The molecule has 0 bridgehead atoms. The Morgan fingerprint density at radius 1 is 1.39 bits per heavy atom. The minimum absolute atomic E-state index is 0.0937. The fourth-order valence-corrected chi connectivity index (χ4v) is 2.04. The molecule has 1 aromatic carbocycles. The second-order valence-corrected chi connectivity index (χ2v) is 4.15. The lowest BCUT2D eigenvalue weighted by Gasteiger charge is -2.29. The van der Waals surface area contributed by atoms with Gasteiger partial charge in [-0.3, -0.25) is 9.69 Å². The van der Waals surface area contributed by atoms with E-state index >= 15 is 0 Å². The van der Waals surface area contributed by atoms with E-state index < -0.39 is 5.97 Å². The summed E-state index contributed by atoms with van der Waals surface area (Å²) in [6.45, 7) is 4.18. The van der Waals surface area contributed by atoms with E-state index in [1.807, 2.05) is 37.3 Å². The van der Waals surface area contributed by atoms with Crippen LogP contribution in [0.1, 0.15) is 24.9 Å². The van der Waals surface area contributed by atoms with Crippen LogP contribution in [0.4, 0.5) is 0 Å². The molecule has 0 saturated heterocycles. The molecule has 0 heterocycles. The summed E-state index contributed by atoms with van der Waals surface area (Å²) in [6, 6.07) is 9.67. The monoisotopic (exact) mass is 251 g/mol. The van der Waals surface area contributed by atoms with Crippen LogP contribution < -0.4 is 0 Å². The molecule has 1 rings (SSSR count). The molecule has 4 nitrogen and oxygen atoms in total. The summed E-state index contributed by atoms with van der Waals surface area (Å²) >= 11 is 0. The molecule has 100 valence electrons. The largest absolute Gasteiger partial charge is 0.481 e. The minimum Gasteiger partial charge on any atom is -0.481 e. The smallest absolute Gasteiger partial charge is 0.305 e. The highest BCUT2D eigenvalue weighted by Crippen LogP contribution is 2.23. The zero-order valence-electron chi connectivity index (χ0n) is 11.0. The van der Waals surface area contributed by atoms with Crippen LogP contribution >= 0.6 is 0 Å². The van der Waals surface area contributed by atoms with Crippen molar-refractivity contribution in [2.45, 2.75) is 19.4 Å². The average molecular weight is 251 g/mol. The maximum absolute atomic E-state index is 11.0. The molecule has 1 aromatic rings. The molecule has 0 aliphatic rings. The number of benzene rings is 1. The van der Waals surface area contributed by atoms with Crippen LogP contribution in [-0.2, 0) is 9.53 Å². The van der Waals surface area contributed by atoms with Crippen LogP contribution in [0.2, 0.25) is 0 Å². The predicted molar refractivity (Wildman–Crippen MR) is 70.6 cm³/mol. The van der Waals surface area contributed by atoms with Crippen molar-refractivity contribution in [3.05, 3.63) is 35.9 Å². The van der Waals surface area contributed by atoms with Gasteiger partial charge in [0.05, 0.1) is 13.0 Å². The normalized spacial score (nSPS) is 12.6. The van der Waals surface area contributed by atoms with Crippen LogP contribution in [0.3, 0.4) is 0 Å². The van der Waals surface area contributed by atoms with Gasteiger partial charge in [-0.2, -0.15) is 0 Å². The van der Waals surface area contributed by atoms with Crippen molar-refractivity contribution in [1.29, 1.82) is 0 Å². The number of carbonyl (C=O) groups is 1. The van der Waals surface area contributed by atoms with Crippen molar-refractivity contribution in [3.8, 4) is 0 Å². The Balaban J connectivity index is 2.85. The van der Waals surface area contributed by atoms with Crippen molar-refractivity contribution >= 4 is 5.97 Å². The number of likely N-dealkylation sites (N-methyl/N-ethyl adjacent to an activating group) is 1. The third kappa shape index (κ3) is 4.47. The molecule has 0 aromatic heterocycles. The van der Waals surface area contributed by atoms with E-state index in [4.69, 9.17) is 9.84 Å². The number of ether oxygens (including phenoxy) is 1. The number of hydrogen-bond donors (Lipinski definition) is 1. The molecular weight excluding hydrogens is 230 g/mol. The second kappa shape index (κ2) is 7.84. The summed E-state index contributed by atoms with van der Waals surface area (Å²) < 4.78 is 5.08. The topological polar surface area (TPSA) is 49.8 Å². The van der Waals surface area contributed by atoms with Gasteiger partial charge in [-0.05, 0) is 12.1 Å². The van der Waals surface area contributed by atoms with Gasteiger partial charge in [-0.1, -0.05) is 37.3 Å². The van der Waals surface area contributed by atoms with E-state index in [0.717, 1.165) is 18.7 Å². The van der Waals surface area contributed by atoms with Crippen molar-refractivity contribution < 1.29 is 14.6 Å². The first-order valence-corrected chi connectivity index (χ1v) is 6.18. The van der Waals surface area contributed by atoms with Gasteiger partial charge in [0, 0.05) is 19.7 Å². The SMILES string of the molecule is CCN(CCOC)C(CC(=O)O)c1ccccc1. The van der Waals surface area contributed by atoms with Crippen LogP contribution in [0, 0.1) is 0 Å². The molecule has 18 heavy (non-hydrogen) atoms. The van der Waals surface area contributed by atoms with Gasteiger partial charge in [0.1, 0.15) is 0 Å². The summed E-state index contributed by atoms with van der Waals surface area (Å²) in [5, 5.41) is 9.06. The Morgan fingerprint density at radius 2 is 2.06 bits per heavy atom. The number of rotatable bonds is 8. The Kier molecular flexibility index (Phi) is 6.39. The molecule has 0 radical (unpaired) electrons. The van der Waals surface area contributed by atoms with Crippen LogP contribution in [0.5, 0.6) is 0 Å². The van der Waals surface area contributed by atoms with Gasteiger partial charge < -0.3 is 9.84 Å². The Labute approximate surface area is 108 Å². The molecule has 1 N–H and O–H groups in total. The van der Waals surface area contributed by atoms with Gasteiger partial charge in [0.15, 0.2) is 0 Å². The van der Waals surface area contributed by atoms with Gasteiger partial charge in [-0.15, -0.1) is 0 Å². The molecule has 0 fully saturated rings. The Bertz CT molecular complexity index is 353. The van der Waals surface area contributed by atoms with E-state index in [0.29, 0.717) is 6.61 Å². The van der Waals surface area contributed by atoms with Gasteiger partial charge in [0.2, 0.25) is 0 Å². The van der Waals surface area contributed by atoms with Gasteiger partial charge >= 0.3 is 5.97 Å². The van der Waals surface area contributed by atoms with Crippen molar-refractivity contribution in [1.82, 2.24) is 4.90 Å². The zero-order valence-corrected chi connectivity index (χ0v) is 11.0. The number of methoxy groups -OCH3 is 1. The molecule has 0 spiro atoms. The van der Waals surface area contributed by atoms with Crippen molar-refractivity contribution in [3.63, 3.8) is 0 Å². The summed E-state index contributed by atoms with van der Waals surface area (Å²) in [5.74, 6) is -0.778. The number of aliphatic carboxylic acids is 1. The van der Waals surface area contributed by atoms with Crippen LogP contribution in [-0.4, -0.2) is 42.8 Å². The Hall–Kier alpha value is -1.39. The third-order valence-corrected chi connectivity index (χ3v) is 2.98.